The summed E-state index contributed by atoms with van der Waals surface area (Å²) < 4.78 is 5.48. The number of benzene rings is 3. The Morgan fingerprint density at radius 3 is 2.12 bits per heavy atom. The average molecular weight is 536 g/mol. The Kier molecular flexibility index (Phi) is 9.22. The Labute approximate surface area is 236 Å². The van der Waals surface area contributed by atoms with E-state index in [1.54, 1.807) is 0 Å². The Hall–Kier alpha value is -4.00. The molecule has 1 amide bonds. The number of carbonyl (C=O) groups excluding carboxylic acids is 1. The summed E-state index contributed by atoms with van der Waals surface area (Å²) in [5, 5.41) is 8.95. The third-order valence-electron chi connectivity index (χ3n) is 7.57. The molecule has 0 bridgehead atoms. The van der Waals surface area contributed by atoms with Crippen molar-refractivity contribution in [3.63, 3.8) is 0 Å². The molecule has 6 heteroatoms. The van der Waals surface area contributed by atoms with Gasteiger partial charge >= 0.3 is 0 Å². The van der Waals surface area contributed by atoms with Crippen LogP contribution in [0.15, 0.2) is 97.3 Å². The number of amides is 1. The van der Waals surface area contributed by atoms with Gasteiger partial charge in [-0.2, -0.15) is 0 Å². The number of hydrogen-bond donors (Lipinski definition) is 1. The number of hydrogen-bond acceptors (Lipinski definition) is 5. The predicted molar refractivity (Wildman–Crippen MR) is 158 cm³/mol. The van der Waals surface area contributed by atoms with E-state index < -0.39 is 0 Å². The van der Waals surface area contributed by atoms with Gasteiger partial charge in [0.05, 0.1) is 6.61 Å². The number of pyridine rings is 1. The van der Waals surface area contributed by atoms with E-state index in [9.17, 15) is 4.79 Å². The summed E-state index contributed by atoms with van der Waals surface area (Å²) in [6.07, 6.45) is 5.59. The third kappa shape index (κ3) is 7.14. The van der Waals surface area contributed by atoms with Crippen molar-refractivity contribution in [3.8, 4) is 16.9 Å². The van der Waals surface area contributed by atoms with Gasteiger partial charge in [0.15, 0.2) is 0 Å². The first-order chi connectivity index (χ1) is 19.6. The number of likely N-dealkylation sites (tertiary alicyclic amines) is 1. The molecule has 1 saturated heterocycles. The van der Waals surface area contributed by atoms with Crippen molar-refractivity contribution in [2.45, 2.75) is 38.9 Å². The average Bonchev–Trinajstić information content (AvgIpc) is 3.00. The van der Waals surface area contributed by atoms with Gasteiger partial charge in [0, 0.05) is 50.2 Å². The fraction of sp³-hybridized carbons (Fsp3) is 0.294. The maximum Gasteiger partial charge on any atom is 0.254 e. The molecule has 1 aromatic heterocycles. The van der Waals surface area contributed by atoms with E-state index in [-0.39, 0.29) is 25.2 Å². The summed E-state index contributed by atoms with van der Waals surface area (Å²) in [4.78, 5) is 22.5. The number of aliphatic hydroxyl groups excluding tert-OH is 1. The molecule has 0 unspecified atom stereocenters. The van der Waals surface area contributed by atoms with E-state index >= 15 is 0 Å². The molecule has 0 atom stereocenters. The van der Waals surface area contributed by atoms with Gasteiger partial charge in [-0.15, -0.1) is 0 Å². The number of rotatable bonds is 10. The van der Waals surface area contributed by atoms with Crippen molar-refractivity contribution < 1.29 is 14.6 Å². The van der Waals surface area contributed by atoms with Gasteiger partial charge in [-0.05, 0) is 78.4 Å². The molecule has 5 rings (SSSR count). The number of ether oxygens (including phenoxy) is 1. The van der Waals surface area contributed by atoms with Crippen LogP contribution >= 0.6 is 0 Å². The minimum Gasteiger partial charge on any atom is -0.491 e. The largest absolute Gasteiger partial charge is 0.491 e. The summed E-state index contributed by atoms with van der Waals surface area (Å²) in [6.45, 7) is 5.74. The second-order valence-electron chi connectivity index (χ2n) is 10.5. The Morgan fingerprint density at radius 2 is 1.50 bits per heavy atom. The normalized spacial score (nSPS) is 14.2. The second kappa shape index (κ2) is 13.4. The van der Waals surface area contributed by atoms with Crippen molar-refractivity contribution in [1.82, 2.24) is 14.8 Å². The molecular formula is C34H37N3O3. The van der Waals surface area contributed by atoms with Gasteiger partial charge in [-0.3, -0.25) is 14.7 Å². The van der Waals surface area contributed by atoms with Crippen molar-refractivity contribution >= 4 is 5.91 Å². The minimum absolute atomic E-state index is 0.00261. The number of aryl methyl sites for hydroxylation is 1. The van der Waals surface area contributed by atoms with Gasteiger partial charge in [-0.25, -0.2) is 0 Å². The molecule has 1 aliphatic rings. The smallest absolute Gasteiger partial charge is 0.254 e. The monoisotopic (exact) mass is 535 g/mol. The molecule has 0 aliphatic carbocycles. The van der Waals surface area contributed by atoms with Crippen LogP contribution in [0.25, 0.3) is 11.1 Å². The zero-order valence-corrected chi connectivity index (χ0v) is 23.1. The number of carbonyl (C=O) groups is 1. The molecule has 1 N–H and O–H groups in total. The molecule has 0 spiro atoms. The van der Waals surface area contributed by atoms with Crippen LogP contribution in [0, 0.1) is 6.92 Å². The van der Waals surface area contributed by atoms with Crippen LogP contribution in [0.3, 0.4) is 0 Å². The second-order valence-corrected chi connectivity index (χ2v) is 10.5. The van der Waals surface area contributed by atoms with Gasteiger partial charge in [0.2, 0.25) is 0 Å². The summed E-state index contributed by atoms with van der Waals surface area (Å²) in [7, 11) is 0. The molecule has 0 saturated carbocycles. The molecule has 1 fully saturated rings. The van der Waals surface area contributed by atoms with Crippen molar-refractivity contribution in [2.24, 2.45) is 0 Å². The first-order valence-corrected chi connectivity index (χ1v) is 14.0. The quantitative estimate of drug-likeness (QED) is 0.281. The van der Waals surface area contributed by atoms with E-state index in [2.05, 4.69) is 51.2 Å². The van der Waals surface area contributed by atoms with Crippen LogP contribution in [-0.4, -0.2) is 58.1 Å². The van der Waals surface area contributed by atoms with E-state index in [1.165, 1.54) is 5.56 Å². The molecule has 0 radical (unpaired) electrons. The maximum absolute atomic E-state index is 13.8. The number of nitrogens with zero attached hydrogens (tertiary/aromatic N) is 3. The lowest BCUT2D eigenvalue weighted by atomic mass is 9.99. The van der Waals surface area contributed by atoms with E-state index in [1.807, 2.05) is 67.8 Å². The van der Waals surface area contributed by atoms with E-state index in [0.717, 1.165) is 66.0 Å². The van der Waals surface area contributed by atoms with Crippen LogP contribution in [0.1, 0.15) is 39.9 Å². The molecule has 4 aromatic rings. The lowest BCUT2D eigenvalue weighted by Gasteiger charge is -2.39. The molecule has 2 heterocycles. The van der Waals surface area contributed by atoms with E-state index in [4.69, 9.17) is 9.84 Å². The summed E-state index contributed by atoms with van der Waals surface area (Å²) in [5.74, 6) is 0.835. The van der Waals surface area contributed by atoms with Crippen LogP contribution in [-0.2, 0) is 13.1 Å². The molecule has 206 valence electrons. The topological polar surface area (TPSA) is 65.9 Å². The van der Waals surface area contributed by atoms with Crippen molar-refractivity contribution in [2.75, 3.05) is 26.3 Å². The molecule has 40 heavy (non-hydrogen) atoms. The lowest BCUT2D eigenvalue weighted by molar-refractivity contribution is 0.0543. The molecular weight excluding hydrogens is 498 g/mol. The van der Waals surface area contributed by atoms with Gasteiger partial charge in [-0.1, -0.05) is 54.1 Å². The van der Waals surface area contributed by atoms with Gasteiger partial charge in [0.25, 0.3) is 5.91 Å². The Morgan fingerprint density at radius 1 is 0.875 bits per heavy atom. The first-order valence-electron chi connectivity index (χ1n) is 14.0. The Bertz CT molecular complexity index is 1350. The maximum atomic E-state index is 13.8. The number of aromatic nitrogens is 1. The van der Waals surface area contributed by atoms with Crippen LogP contribution in [0.4, 0.5) is 0 Å². The number of aliphatic hydroxyl groups is 1. The van der Waals surface area contributed by atoms with Crippen LogP contribution < -0.4 is 4.74 Å². The zero-order chi connectivity index (χ0) is 27.7. The lowest BCUT2D eigenvalue weighted by Crippen LogP contribution is -2.46. The van der Waals surface area contributed by atoms with Crippen LogP contribution in [0.5, 0.6) is 5.75 Å². The standard InChI is InChI=1S/C34H37N3O3/c1-26-2-6-31(7-3-26)34(39)37(32-16-20-36(21-17-32)24-28-14-18-35-19-15-28)25-27-4-8-29(9-5-27)30-10-12-33(13-11-30)40-23-22-38/h2-15,18-19,32,38H,16-17,20-25H2,1H3. The third-order valence-corrected chi connectivity index (χ3v) is 7.57. The molecule has 3 aromatic carbocycles. The zero-order valence-electron chi connectivity index (χ0n) is 23.1. The molecule has 1 aliphatic heterocycles. The highest BCUT2D eigenvalue weighted by molar-refractivity contribution is 5.94. The highest BCUT2D eigenvalue weighted by atomic mass is 16.5. The fourth-order valence-electron chi connectivity index (χ4n) is 5.27. The highest BCUT2D eigenvalue weighted by Crippen LogP contribution is 2.26. The summed E-state index contributed by atoms with van der Waals surface area (Å²) in [5.41, 5.74) is 6.48. The fourth-order valence-corrected chi connectivity index (χ4v) is 5.27. The summed E-state index contributed by atoms with van der Waals surface area (Å²) in [6, 6.07) is 28.6. The highest BCUT2D eigenvalue weighted by Gasteiger charge is 2.29. The Balaban J connectivity index is 1.29. The molecule has 6 nitrogen and oxygen atoms in total. The minimum atomic E-state index is -0.00261. The van der Waals surface area contributed by atoms with Crippen molar-refractivity contribution in [3.05, 3.63) is 120 Å². The van der Waals surface area contributed by atoms with Gasteiger partial charge in [0.1, 0.15) is 12.4 Å². The van der Waals surface area contributed by atoms with E-state index in [0.29, 0.717) is 6.54 Å². The van der Waals surface area contributed by atoms with Crippen molar-refractivity contribution in [1.29, 1.82) is 0 Å². The first kappa shape index (κ1) is 27.6. The SMILES string of the molecule is Cc1ccc(C(=O)N(Cc2ccc(-c3ccc(OCCO)cc3)cc2)C2CCN(Cc3ccncc3)CC2)cc1. The van der Waals surface area contributed by atoms with Crippen LogP contribution in [0.2, 0.25) is 0 Å². The number of piperidine rings is 1. The predicted octanol–water partition coefficient (Wildman–Crippen LogP) is 5.74. The van der Waals surface area contributed by atoms with Gasteiger partial charge < -0.3 is 14.7 Å². The summed E-state index contributed by atoms with van der Waals surface area (Å²) >= 11 is 0.